The number of thioether (sulfide) groups is 2. The third kappa shape index (κ3) is 11.5. The number of hydrogen-bond acceptors (Lipinski definition) is 3. The summed E-state index contributed by atoms with van der Waals surface area (Å²) in [5.41, 5.74) is 0. The standard InChI is InChI=1S/C12H25N3S2.HI/c1-6-8-17-9-7-14-11(13-4)15-10-12(2,3)16-5;/h6H,1,7-10H2,2-5H3,(H2,13,14,15);1H. The van der Waals surface area contributed by atoms with Gasteiger partial charge in [0.1, 0.15) is 0 Å². The van der Waals surface area contributed by atoms with Gasteiger partial charge in [0.15, 0.2) is 5.96 Å². The van der Waals surface area contributed by atoms with Gasteiger partial charge in [-0.1, -0.05) is 6.08 Å². The molecule has 0 aromatic heterocycles. The molecular formula is C12H26IN3S2. The van der Waals surface area contributed by atoms with Crippen molar-refractivity contribution in [2.75, 3.05) is 37.9 Å². The van der Waals surface area contributed by atoms with Crippen LogP contribution < -0.4 is 10.6 Å². The molecule has 0 unspecified atom stereocenters. The summed E-state index contributed by atoms with van der Waals surface area (Å²) >= 11 is 3.72. The van der Waals surface area contributed by atoms with Gasteiger partial charge in [-0.3, -0.25) is 4.99 Å². The summed E-state index contributed by atoms with van der Waals surface area (Å²) in [6.07, 6.45) is 4.06. The first-order valence-corrected chi connectivity index (χ1v) is 8.12. The van der Waals surface area contributed by atoms with E-state index in [1.54, 1.807) is 7.05 Å². The highest BCUT2D eigenvalue weighted by atomic mass is 127. The van der Waals surface area contributed by atoms with Crippen LogP contribution in [0.1, 0.15) is 13.8 Å². The van der Waals surface area contributed by atoms with E-state index in [0.717, 1.165) is 30.6 Å². The minimum absolute atomic E-state index is 0. The number of nitrogens with one attached hydrogen (secondary N) is 2. The summed E-state index contributed by atoms with van der Waals surface area (Å²) in [4.78, 5) is 4.20. The Balaban J connectivity index is 0. The summed E-state index contributed by atoms with van der Waals surface area (Å²) in [5, 5.41) is 6.64. The maximum atomic E-state index is 4.20. The Bertz CT molecular complexity index is 245. The molecule has 0 saturated heterocycles. The first-order valence-electron chi connectivity index (χ1n) is 5.74. The molecule has 0 heterocycles. The lowest BCUT2D eigenvalue weighted by atomic mass is 10.2. The summed E-state index contributed by atoms with van der Waals surface area (Å²) in [7, 11) is 1.80. The van der Waals surface area contributed by atoms with Crippen molar-refractivity contribution in [2.24, 2.45) is 4.99 Å². The Morgan fingerprint density at radius 3 is 2.56 bits per heavy atom. The molecule has 0 rings (SSSR count). The van der Waals surface area contributed by atoms with Crippen molar-refractivity contribution in [3.8, 4) is 0 Å². The first-order chi connectivity index (χ1) is 8.05. The third-order valence-electron chi connectivity index (χ3n) is 2.23. The lowest BCUT2D eigenvalue weighted by Gasteiger charge is -2.23. The molecule has 0 aromatic carbocycles. The van der Waals surface area contributed by atoms with Gasteiger partial charge >= 0.3 is 0 Å². The second-order valence-electron chi connectivity index (χ2n) is 4.18. The summed E-state index contributed by atoms with van der Waals surface area (Å²) in [6.45, 7) is 9.97. The predicted octanol–water partition coefficient (Wildman–Crippen LogP) is 2.83. The van der Waals surface area contributed by atoms with E-state index in [0.29, 0.717) is 0 Å². The predicted molar refractivity (Wildman–Crippen MR) is 99.9 cm³/mol. The van der Waals surface area contributed by atoms with E-state index in [-0.39, 0.29) is 28.7 Å². The van der Waals surface area contributed by atoms with Gasteiger partial charge in [-0.25, -0.2) is 0 Å². The zero-order chi connectivity index (χ0) is 13.1. The first kappa shape index (κ1) is 20.8. The minimum Gasteiger partial charge on any atom is -0.356 e. The van der Waals surface area contributed by atoms with Crippen LogP contribution in [-0.2, 0) is 0 Å². The van der Waals surface area contributed by atoms with Crippen LogP contribution in [-0.4, -0.2) is 48.6 Å². The van der Waals surface area contributed by atoms with Crippen molar-refractivity contribution in [3.05, 3.63) is 12.7 Å². The number of aliphatic imine (C=N–C) groups is 1. The molecule has 0 atom stereocenters. The Labute approximate surface area is 137 Å². The molecule has 2 N–H and O–H groups in total. The number of hydrogen-bond donors (Lipinski definition) is 2. The van der Waals surface area contributed by atoms with Gasteiger partial charge in [-0.2, -0.15) is 23.5 Å². The molecule has 0 aliphatic rings. The Morgan fingerprint density at radius 2 is 2.06 bits per heavy atom. The van der Waals surface area contributed by atoms with Gasteiger partial charge in [0.25, 0.3) is 0 Å². The lowest BCUT2D eigenvalue weighted by Crippen LogP contribution is -2.43. The summed E-state index contributed by atoms with van der Waals surface area (Å²) in [6, 6.07) is 0. The second kappa shape index (κ2) is 12.5. The molecule has 0 fully saturated rings. The van der Waals surface area contributed by atoms with Crippen molar-refractivity contribution in [1.29, 1.82) is 0 Å². The molecule has 6 heteroatoms. The molecule has 108 valence electrons. The Kier molecular flexibility index (Phi) is 14.4. The van der Waals surface area contributed by atoms with Crippen LogP contribution in [0.15, 0.2) is 17.6 Å². The van der Waals surface area contributed by atoms with Crippen LogP contribution in [0.4, 0.5) is 0 Å². The zero-order valence-electron chi connectivity index (χ0n) is 11.8. The second-order valence-corrected chi connectivity index (χ2v) is 6.84. The molecule has 0 radical (unpaired) electrons. The largest absolute Gasteiger partial charge is 0.356 e. The lowest BCUT2D eigenvalue weighted by molar-refractivity contribution is 0.667. The van der Waals surface area contributed by atoms with Gasteiger partial charge in [-0.05, 0) is 20.1 Å². The van der Waals surface area contributed by atoms with E-state index < -0.39 is 0 Å². The van der Waals surface area contributed by atoms with Crippen molar-refractivity contribution < 1.29 is 0 Å². The SMILES string of the molecule is C=CCSCCNC(=NC)NCC(C)(C)SC.I. The van der Waals surface area contributed by atoms with E-state index in [2.05, 4.69) is 42.3 Å². The van der Waals surface area contributed by atoms with Crippen LogP contribution in [0.2, 0.25) is 0 Å². The Hall–Kier alpha value is 0.440. The van der Waals surface area contributed by atoms with Gasteiger partial charge in [0.2, 0.25) is 0 Å². The number of nitrogens with zero attached hydrogens (tertiary/aromatic N) is 1. The average Bonchev–Trinajstić information content (AvgIpc) is 2.32. The van der Waals surface area contributed by atoms with E-state index in [9.17, 15) is 0 Å². The van der Waals surface area contributed by atoms with Crippen molar-refractivity contribution in [1.82, 2.24) is 10.6 Å². The third-order valence-corrected chi connectivity index (χ3v) is 4.45. The highest BCUT2D eigenvalue weighted by Gasteiger charge is 2.15. The van der Waals surface area contributed by atoms with Gasteiger partial charge in [0.05, 0.1) is 0 Å². The molecule has 0 amide bonds. The van der Waals surface area contributed by atoms with Crippen molar-refractivity contribution in [2.45, 2.75) is 18.6 Å². The fraction of sp³-hybridized carbons (Fsp3) is 0.750. The van der Waals surface area contributed by atoms with E-state index in [1.807, 2.05) is 29.6 Å². The van der Waals surface area contributed by atoms with Crippen molar-refractivity contribution >= 4 is 53.5 Å². The van der Waals surface area contributed by atoms with Crippen LogP contribution in [0, 0.1) is 0 Å². The summed E-state index contributed by atoms with van der Waals surface area (Å²) < 4.78 is 0.231. The fourth-order valence-corrected chi connectivity index (χ4v) is 1.79. The average molecular weight is 403 g/mol. The topological polar surface area (TPSA) is 36.4 Å². The number of halogens is 1. The highest BCUT2D eigenvalue weighted by molar-refractivity contribution is 14.0. The highest BCUT2D eigenvalue weighted by Crippen LogP contribution is 2.19. The van der Waals surface area contributed by atoms with Crippen LogP contribution in [0.25, 0.3) is 0 Å². The zero-order valence-corrected chi connectivity index (χ0v) is 15.7. The van der Waals surface area contributed by atoms with Crippen LogP contribution >= 0.6 is 47.5 Å². The molecule has 0 aromatic rings. The number of rotatable bonds is 8. The maximum Gasteiger partial charge on any atom is 0.191 e. The Morgan fingerprint density at radius 1 is 1.39 bits per heavy atom. The molecule has 0 saturated carbocycles. The van der Waals surface area contributed by atoms with E-state index in [1.165, 1.54) is 0 Å². The smallest absolute Gasteiger partial charge is 0.191 e. The molecule has 18 heavy (non-hydrogen) atoms. The monoisotopic (exact) mass is 403 g/mol. The van der Waals surface area contributed by atoms with E-state index >= 15 is 0 Å². The van der Waals surface area contributed by atoms with Crippen molar-refractivity contribution in [3.63, 3.8) is 0 Å². The maximum absolute atomic E-state index is 4.20. The molecular weight excluding hydrogens is 377 g/mol. The van der Waals surface area contributed by atoms with E-state index in [4.69, 9.17) is 0 Å². The van der Waals surface area contributed by atoms with Crippen LogP contribution in [0.5, 0.6) is 0 Å². The quantitative estimate of drug-likeness (QED) is 0.215. The molecule has 0 spiro atoms. The van der Waals surface area contributed by atoms with Gasteiger partial charge in [-0.15, -0.1) is 30.6 Å². The summed E-state index contributed by atoms with van der Waals surface area (Å²) in [5.74, 6) is 2.96. The fourth-order valence-electron chi connectivity index (χ4n) is 0.998. The molecule has 3 nitrogen and oxygen atoms in total. The molecule has 0 bridgehead atoms. The van der Waals surface area contributed by atoms with Gasteiger partial charge in [0, 0.05) is 36.4 Å². The molecule has 0 aliphatic carbocycles. The normalized spacial score (nSPS) is 11.7. The van der Waals surface area contributed by atoms with Gasteiger partial charge < -0.3 is 10.6 Å². The minimum atomic E-state index is 0. The molecule has 0 aliphatic heterocycles. The number of guanidine groups is 1. The van der Waals surface area contributed by atoms with Crippen LogP contribution in [0.3, 0.4) is 0 Å².